The van der Waals surface area contributed by atoms with Crippen molar-refractivity contribution in [2.24, 2.45) is 4.99 Å². The average Bonchev–Trinajstić information content (AvgIpc) is 2.31. The number of hydrogen-bond donors (Lipinski definition) is 1. The zero-order chi connectivity index (χ0) is 11.5. The Balaban J connectivity index is 2.26. The second kappa shape index (κ2) is 4.60. The van der Waals surface area contributed by atoms with Crippen LogP contribution in [0.15, 0.2) is 17.1 Å². The minimum Gasteiger partial charge on any atom is -0.339 e. The van der Waals surface area contributed by atoms with Crippen LogP contribution in [-0.2, 0) is 0 Å². The predicted molar refractivity (Wildman–Crippen MR) is 60.9 cm³/mol. The molecule has 1 N–H and O–H groups in total. The molecule has 0 saturated carbocycles. The van der Waals surface area contributed by atoms with E-state index in [1.54, 1.807) is 6.92 Å². The molecule has 2 rings (SSSR count). The zero-order valence-corrected chi connectivity index (χ0v) is 9.19. The number of aliphatic imine (C=N–C) groups is 1. The first kappa shape index (κ1) is 11.0. The third-order valence-electron chi connectivity index (χ3n) is 2.68. The highest BCUT2D eigenvalue weighted by atomic mass is 19.1. The molecule has 0 fully saturated rings. The highest BCUT2D eigenvalue weighted by molar-refractivity contribution is 5.96. The molecule has 1 aliphatic rings. The molecule has 0 amide bonds. The third-order valence-corrected chi connectivity index (χ3v) is 2.68. The molecule has 0 unspecified atom stereocenters. The van der Waals surface area contributed by atoms with Crippen molar-refractivity contribution in [1.82, 2.24) is 0 Å². The lowest BCUT2D eigenvalue weighted by atomic mass is 10.1. The number of hydrogen-bond acceptors (Lipinski definition) is 2. The Morgan fingerprint density at radius 2 is 2.06 bits per heavy atom. The summed E-state index contributed by atoms with van der Waals surface area (Å²) in [7, 11) is 0. The van der Waals surface area contributed by atoms with Gasteiger partial charge < -0.3 is 5.32 Å². The van der Waals surface area contributed by atoms with Crippen LogP contribution in [0.1, 0.15) is 24.8 Å². The van der Waals surface area contributed by atoms with Crippen LogP contribution in [0.4, 0.5) is 14.5 Å². The summed E-state index contributed by atoms with van der Waals surface area (Å²) in [4.78, 5) is 4.21. The molecule has 1 aromatic carbocycles. The largest absolute Gasteiger partial charge is 0.339 e. The maximum Gasteiger partial charge on any atom is 0.152 e. The summed E-state index contributed by atoms with van der Waals surface area (Å²) in [5.74, 6) is -0.431. The van der Waals surface area contributed by atoms with Crippen molar-refractivity contribution in [1.29, 1.82) is 0 Å². The van der Waals surface area contributed by atoms with E-state index in [0.717, 1.165) is 25.8 Å². The van der Waals surface area contributed by atoms with Crippen LogP contribution < -0.4 is 5.32 Å². The van der Waals surface area contributed by atoms with E-state index >= 15 is 0 Å². The van der Waals surface area contributed by atoms with Crippen molar-refractivity contribution in [3.63, 3.8) is 0 Å². The second-order valence-electron chi connectivity index (χ2n) is 3.96. The average molecular weight is 224 g/mol. The first-order chi connectivity index (χ1) is 7.68. The first-order valence-electron chi connectivity index (χ1n) is 5.43. The summed E-state index contributed by atoms with van der Waals surface area (Å²) < 4.78 is 27.1. The molecule has 0 bridgehead atoms. The van der Waals surface area contributed by atoms with E-state index in [1.165, 1.54) is 12.1 Å². The van der Waals surface area contributed by atoms with Gasteiger partial charge in [0, 0.05) is 13.0 Å². The van der Waals surface area contributed by atoms with E-state index in [4.69, 9.17) is 0 Å². The Morgan fingerprint density at radius 3 is 2.75 bits per heavy atom. The number of aryl methyl sites for hydroxylation is 1. The van der Waals surface area contributed by atoms with Crippen LogP contribution in [0.25, 0.3) is 0 Å². The summed E-state index contributed by atoms with van der Waals surface area (Å²) in [5, 5.41) is 2.76. The van der Waals surface area contributed by atoms with Crippen LogP contribution in [0.5, 0.6) is 0 Å². The van der Waals surface area contributed by atoms with Crippen molar-refractivity contribution in [3.05, 3.63) is 29.3 Å². The third kappa shape index (κ3) is 2.21. The molecule has 1 aromatic rings. The number of rotatable bonds is 1. The van der Waals surface area contributed by atoms with Gasteiger partial charge in [0.2, 0.25) is 0 Å². The zero-order valence-electron chi connectivity index (χ0n) is 9.19. The van der Waals surface area contributed by atoms with Crippen molar-refractivity contribution >= 4 is 11.5 Å². The van der Waals surface area contributed by atoms with E-state index in [9.17, 15) is 8.78 Å². The lowest BCUT2D eigenvalue weighted by molar-refractivity contribution is 0.584. The first-order valence-corrected chi connectivity index (χ1v) is 5.43. The van der Waals surface area contributed by atoms with Gasteiger partial charge in [0.15, 0.2) is 5.82 Å². The number of amidine groups is 1. The van der Waals surface area contributed by atoms with Gasteiger partial charge in [-0.1, -0.05) is 6.07 Å². The molecule has 1 aliphatic heterocycles. The van der Waals surface area contributed by atoms with Gasteiger partial charge in [-0.3, -0.25) is 4.99 Å². The summed E-state index contributed by atoms with van der Waals surface area (Å²) in [5.41, 5.74) is 0.348. The molecule has 4 heteroatoms. The number of halogens is 2. The molecular formula is C12H14F2N2. The van der Waals surface area contributed by atoms with Gasteiger partial charge in [-0.2, -0.15) is 0 Å². The fourth-order valence-corrected chi connectivity index (χ4v) is 1.71. The van der Waals surface area contributed by atoms with Crippen LogP contribution in [0.3, 0.4) is 0 Å². The van der Waals surface area contributed by atoms with Gasteiger partial charge in [0.1, 0.15) is 17.3 Å². The van der Waals surface area contributed by atoms with Gasteiger partial charge in [-0.25, -0.2) is 8.78 Å². The topological polar surface area (TPSA) is 24.4 Å². The molecule has 0 radical (unpaired) electrons. The predicted octanol–water partition coefficient (Wildman–Crippen LogP) is 3.27. The standard InChI is InChI=1S/C12H14F2N2/c1-8-5-6-9(13)12(11(8)14)16-10-4-2-3-7-15-10/h5-6H,2-4,7H2,1H3,(H,15,16). The Bertz CT molecular complexity index is 427. The van der Waals surface area contributed by atoms with Crippen LogP contribution >= 0.6 is 0 Å². The van der Waals surface area contributed by atoms with Crippen molar-refractivity contribution in [3.8, 4) is 0 Å². The lowest BCUT2D eigenvalue weighted by Crippen LogP contribution is -2.18. The number of nitrogens with zero attached hydrogens (tertiary/aromatic N) is 1. The van der Waals surface area contributed by atoms with E-state index in [-0.39, 0.29) is 5.69 Å². The summed E-state index contributed by atoms with van der Waals surface area (Å²) in [6.45, 7) is 2.35. The highest BCUT2D eigenvalue weighted by Gasteiger charge is 2.14. The maximum atomic E-state index is 13.7. The van der Waals surface area contributed by atoms with Crippen molar-refractivity contribution in [2.45, 2.75) is 26.2 Å². The summed E-state index contributed by atoms with van der Waals surface area (Å²) in [6.07, 6.45) is 2.82. The number of nitrogens with one attached hydrogen (secondary N) is 1. The minimum atomic E-state index is -0.573. The molecule has 16 heavy (non-hydrogen) atoms. The molecule has 0 spiro atoms. The Morgan fingerprint density at radius 1 is 1.25 bits per heavy atom. The highest BCUT2D eigenvalue weighted by Crippen LogP contribution is 2.22. The van der Waals surface area contributed by atoms with E-state index < -0.39 is 11.6 Å². The lowest BCUT2D eigenvalue weighted by Gasteiger charge is -2.15. The number of anilines is 1. The van der Waals surface area contributed by atoms with Gasteiger partial charge >= 0.3 is 0 Å². The Kier molecular flexibility index (Phi) is 3.17. The minimum absolute atomic E-state index is 0.0827. The van der Waals surface area contributed by atoms with Crippen molar-refractivity contribution < 1.29 is 8.78 Å². The van der Waals surface area contributed by atoms with E-state index in [1.807, 2.05) is 0 Å². The smallest absolute Gasteiger partial charge is 0.152 e. The molecule has 0 aliphatic carbocycles. The Hall–Kier alpha value is -1.45. The summed E-state index contributed by atoms with van der Waals surface area (Å²) in [6, 6.07) is 2.70. The van der Waals surface area contributed by atoms with Crippen LogP contribution in [0.2, 0.25) is 0 Å². The molecule has 2 nitrogen and oxygen atoms in total. The quantitative estimate of drug-likeness (QED) is 0.777. The normalized spacial score (nSPS) is 15.8. The van der Waals surface area contributed by atoms with Crippen LogP contribution in [0, 0.1) is 18.6 Å². The van der Waals surface area contributed by atoms with Crippen LogP contribution in [-0.4, -0.2) is 12.4 Å². The fraction of sp³-hybridized carbons (Fsp3) is 0.417. The monoisotopic (exact) mass is 224 g/mol. The molecule has 0 saturated heterocycles. The van der Waals surface area contributed by atoms with Gasteiger partial charge in [0.25, 0.3) is 0 Å². The van der Waals surface area contributed by atoms with E-state index in [2.05, 4.69) is 10.3 Å². The van der Waals surface area contributed by atoms with Gasteiger partial charge in [-0.05, 0) is 31.4 Å². The molecular weight excluding hydrogens is 210 g/mol. The van der Waals surface area contributed by atoms with Gasteiger partial charge in [-0.15, -0.1) is 0 Å². The number of benzene rings is 1. The van der Waals surface area contributed by atoms with Crippen molar-refractivity contribution in [2.75, 3.05) is 11.9 Å². The van der Waals surface area contributed by atoms with E-state index in [0.29, 0.717) is 11.4 Å². The summed E-state index contributed by atoms with van der Waals surface area (Å²) >= 11 is 0. The molecule has 1 heterocycles. The second-order valence-corrected chi connectivity index (χ2v) is 3.96. The molecule has 86 valence electrons. The Labute approximate surface area is 93.4 Å². The van der Waals surface area contributed by atoms with Gasteiger partial charge in [0.05, 0.1) is 0 Å². The molecule has 0 atom stereocenters. The molecule has 0 aromatic heterocycles. The maximum absolute atomic E-state index is 13.7. The SMILES string of the molecule is Cc1ccc(F)c(NC2=NCCCC2)c1F. The fourth-order valence-electron chi connectivity index (χ4n) is 1.71.